The third kappa shape index (κ3) is 3.90. The number of hydrogen-bond donors (Lipinski definition) is 1. The van der Waals surface area contributed by atoms with Gasteiger partial charge in [0.2, 0.25) is 0 Å². The Kier molecular flexibility index (Phi) is 6.21. The number of rotatable bonds is 5. The van der Waals surface area contributed by atoms with Crippen molar-refractivity contribution in [3.05, 3.63) is 116 Å². The zero-order valence-electron chi connectivity index (χ0n) is 19.6. The van der Waals surface area contributed by atoms with Crippen molar-refractivity contribution < 1.29 is 19.1 Å². The molecule has 0 fully saturated rings. The molecule has 1 heterocycles. The van der Waals surface area contributed by atoms with Gasteiger partial charge in [-0.05, 0) is 46.6 Å². The van der Waals surface area contributed by atoms with Crippen molar-refractivity contribution in [2.45, 2.75) is 19.4 Å². The lowest BCUT2D eigenvalue weighted by atomic mass is 9.80. The van der Waals surface area contributed by atoms with Crippen molar-refractivity contribution in [2.75, 3.05) is 7.11 Å². The zero-order chi connectivity index (χ0) is 25.4. The first-order chi connectivity index (χ1) is 17.4. The normalized spacial score (nSPS) is 16.2. The number of fused-ring (bicyclic) bond motifs is 2. The van der Waals surface area contributed by atoms with Crippen LogP contribution in [0.3, 0.4) is 0 Å². The van der Waals surface area contributed by atoms with Gasteiger partial charge in [0, 0.05) is 33.9 Å². The van der Waals surface area contributed by atoms with Crippen molar-refractivity contribution in [1.29, 1.82) is 5.26 Å². The Labute approximate surface area is 217 Å². The van der Waals surface area contributed by atoms with E-state index in [4.69, 9.17) is 9.47 Å². The Hall–Kier alpha value is -4.15. The Morgan fingerprint density at radius 2 is 1.81 bits per heavy atom. The Balaban J connectivity index is 1.54. The minimum atomic E-state index is -0.613. The van der Waals surface area contributed by atoms with E-state index in [1.807, 2.05) is 55.5 Å². The molecule has 0 amide bonds. The first-order valence-electron chi connectivity index (χ1n) is 11.3. The highest BCUT2D eigenvalue weighted by Gasteiger charge is 2.42. The van der Waals surface area contributed by atoms with Crippen LogP contribution in [0.2, 0.25) is 0 Å². The smallest absolute Gasteiger partial charge is 0.336 e. The summed E-state index contributed by atoms with van der Waals surface area (Å²) in [5.74, 6) is -0.643. The molecule has 1 N–H and O–H groups in total. The number of halogens is 1. The minimum absolute atomic E-state index is 0.114. The molecule has 0 saturated heterocycles. The average Bonchev–Trinajstić information content (AvgIpc) is 3.18. The summed E-state index contributed by atoms with van der Waals surface area (Å²) in [6.07, 6.45) is 0. The number of nitriles is 1. The van der Waals surface area contributed by atoms with E-state index in [2.05, 4.69) is 27.3 Å². The third-order valence-electron chi connectivity index (χ3n) is 6.46. The molecule has 3 aromatic carbocycles. The standard InChI is InChI=1S/C29H21BrN2O4/c1-16-24(29(34)35-2)25(26-27(32-16)20-9-5-6-10-21(20)28(26)33)17-11-12-23(22(30)13-17)36-15-19-8-4-3-7-18(19)14-31/h3-13,25,32H,15H2,1-2H3/t25-/m0/s1. The van der Waals surface area contributed by atoms with Gasteiger partial charge >= 0.3 is 5.97 Å². The predicted octanol–water partition coefficient (Wildman–Crippen LogP) is 5.64. The SMILES string of the molecule is COC(=O)C1=C(C)NC2=C(C(=O)c3ccccc32)[C@H]1c1ccc(OCc2ccccc2C#N)c(Br)c1. The summed E-state index contributed by atoms with van der Waals surface area (Å²) in [7, 11) is 1.33. The lowest BCUT2D eigenvalue weighted by Gasteiger charge is -2.29. The molecule has 178 valence electrons. The lowest BCUT2D eigenvalue weighted by molar-refractivity contribution is -0.136. The highest BCUT2D eigenvalue weighted by atomic mass is 79.9. The molecule has 36 heavy (non-hydrogen) atoms. The van der Waals surface area contributed by atoms with Crippen molar-refractivity contribution in [3.8, 4) is 11.8 Å². The largest absolute Gasteiger partial charge is 0.488 e. The molecular formula is C29H21BrN2O4. The van der Waals surface area contributed by atoms with Crippen LogP contribution in [-0.2, 0) is 16.1 Å². The molecule has 0 saturated carbocycles. The van der Waals surface area contributed by atoms with Gasteiger partial charge in [-0.15, -0.1) is 0 Å². The van der Waals surface area contributed by atoms with Crippen LogP contribution in [0.25, 0.3) is 5.70 Å². The topological polar surface area (TPSA) is 88.4 Å². The summed E-state index contributed by atoms with van der Waals surface area (Å²) >= 11 is 3.59. The number of ether oxygens (including phenoxy) is 2. The number of carbonyl (C=O) groups excluding carboxylic acids is 2. The summed E-state index contributed by atoms with van der Waals surface area (Å²) in [5.41, 5.74) is 5.78. The van der Waals surface area contributed by atoms with E-state index < -0.39 is 11.9 Å². The number of esters is 1. The molecule has 1 atom stereocenters. The highest BCUT2D eigenvalue weighted by molar-refractivity contribution is 9.10. The number of hydrogen-bond acceptors (Lipinski definition) is 6. The molecule has 2 aliphatic rings. The fourth-order valence-electron chi connectivity index (χ4n) is 4.77. The average molecular weight is 541 g/mol. The van der Waals surface area contributed by atoms with Crippen LogP contribution >= 0.6 is 15.9 Å². The van der Waals surface area contributed by atoms with Gasteiger partial charge in [0.25, 0.3) is 0 Å². The maximum atomic E-state index is 13.5. The third-order valence-corrected chi connectivity index (χ3v) is 7.08. The molecule has 0 spiro atoms. The van der Waals surface area contributed by atoms with Gasteiger partial charge in [-0.3, -0.25) is 4.79 Å². The van der Waals surface area contributed by atoms with Crippen LogP contribution in [-0.4, -0.2) is 18.9 Å². The number of Topliss-reactive ketones (excluding diaryl/α,β-unsaturated/α-hetero) is 1. The number of nitrogens with zero attached hydrogens (tertiary/aromatic N) is 1. The summed E-state index contributed by atoms with van der Waals surface area (Å²) in [4.78, 5) is 26.4. The van der Waals surface area contributed by atoms with E-state index in [9.17, 15) is 14.9 Å². The van der Waals surface area contributed by atoms with Crippen LogP contribution in [0.1, 0.15) is 45.5 Å². The summed E-state index contributed by atoms with van der Waals surface area (Å²) in [6, 6.07) is 22.4. The Bertz CT molecular complexity index is 1530. The van der Waals surface area contributed by atoms with Gasteiger partial charge in [-0.2, -0.15) is 5.26 Å². The maximum absolute atomic E-state index is 13.5. The molecule has 1 aliphatic heterocycles. The number of benzene rings is 3. The fourth-order valence-corrected chi connectivity index (χ4v) is 5.28. The van der Waals surface area contributed by atoms with Gasteiger partial charge in [0.05, 0.1) is 34.5 Å². The first kappa shape index (κ1) is 23.6. The summed E-state index contributed by atoms with van der Waals surface area (Å²) < 4.78 is 11.8. The monoisotopic (exact) mass is 540 g/mol. The number of carbonyl (C=O) groups is 2. The van der Waals surface area contributed by atoms with Crippen molar-refractivity contribution in [2.24, 2.45) is 0 Å². The second-order valence-electron chi connectivity index (χ2n) is 8.50. The van der Waals surface area contributed by atoms with E-state index in [0.717, 1.165) is 22.4 Å². The summed E-state index contributed by atoms with van der Waals surface area (Å²) in [6.45, 7) is 2.04. The van der Waals surface area contributed by atoms with E-state index in [-0.39, 0.29) is 12.4 Å². The van der Waals surface area contributed by atoms with Crippen LogP contribution in [0.15, 0.2) is 88.0 Å². The number of allylic oxidation sites excluding steroid dienone is 2. The number of ketones is 1. The molecule has 0 radical (unpaired) electrons. The molecule has 7 heteroatoms. The molecule has 6 nitrogen and oxygen atoms in total. The van der Waals surface area contributed by atoms with E-state index >= 15 is 0 Å². The van der Waals surface area contributed by atoms with Gasteiger partial charge in [-0.1, -0.05) is 48.5 Å². The highest BCUT2D eigenvalue weighted by Crippen LogP contribution is 2.47. The van der Waals surface area contributed by atoms with Crippen LogP contribution in [0.5, 0.6) is 5.75 Å². The molecule has 5 rings (SSSR count). The quantitative estimate of drug-likeness (QED) is 0.421. The minimum Gasteiger partial charge on any atom is -0.488 e. The lowest BCUT2D eigenvalue weighted by Crippen LogP contribution is -2.29. The van der Waals surface area contributed by atoms with E-state index in [1.54, 1.807) is 18.2 Å². The molecular weight excluding hydrogens is 520 g/mol. The van der Waals surface area contributed by atoms with Gasteiger partial charge < -0.3 is 14.8 Å². The second kappa shape index (κ2) is 9.48. The number of methoxy groups -OCH3 is 1. The van der Waals surface area contributed by atoms with E-state index in [1.165, 1.54) is 7.11 Å². The van der Waals surface area contributed by atoms with Gasteiger partial charge in [-0.25, -0.2) is 4.79 Å². The van der Waals surface area contributed by atoms with E-state index in [0.29, 0.717) is 38.2 Å². The van der Waals surface area contributed by atoms with Gasteiger partial charge in [0.1, 0.15) is 12.4 Å². The van der Waals surface area contributed by atoms with Crippen molar-refractivity contribution >= 4 is 33.4 Å². The van der Waals surface area contributed by atoms with Crippen molar-refractivity contribution in [1.82, 2.24) is 5.32 Å². The molecule has 3 aromatic rings. The second-order valence-corrected chi connectivity index (χ2v) is 9.35. The number of dihydropyridines is 1. The van der Waals surface area contributed by atoms with Gasteiger partial charge in [0.15, 0.2) is 5.78 Å². The molecule has 1 aliphatic carbocycles. The van der Waals surface area contributed by atoms with Crippen LogP contribution in [0.4, 0.5) is 0 Å². The van der Waals surface area contributed by atoms with Crippen molar-refractivity contribution in [3.63, 3.8) is 0 Å². The maximum Gasteiger partial charge on any atom is 0.336 e. The summed E-state index contributed by atoms with van der Waals surface area (Å²) in [5, 5.41) is 12.6. The van der Waals surface area contributed by atoms with Crippen LogP contribution in [0, 0.1) is 11.3 Å². The Morgan fingerprint density at radius 1 is 1.08 bits per heavy atom. The fraction of sp³-hybridized carbons (Fsp3) is 0.138. The van der Waals surface area contributed by atoms with Crippen LogP contribution < -0.4 is 10.1 Å². The predicted molar refractivity (Wildman–Crippen MR) is 138 cm³/mol. The molecule has 0 bridgehead atoms. The zero-order valence-corrected chi connectivity index (χ0v) is 21.2. The Morgan fingerprint density at radius 3 is 2.53 bits per heavy atom. The first-order valence-corrected chi connectivity index (χ1v) is 12.1. The molecule has 0 unspecified atom stereocenters. The number of nitrogens with one attached hydrogen (secondary N) is 1. The molecule has 0 aromatic heterocycles.